The zero-order valence-corrected chi connectivity index (χ0v) is 10.1. The fraction of sp³-hybridized carbons (Fsp3) is 0.571. The highest BCUT2D eigenvalue weighted by molar-refractivity contribution is 5.26. The number of hydrogen-bond donors (Lipinski definition) is 1. The molecule has 0 amide bonds. The summed E-state index contributed by atoms with van der Waals surface area (Å²) in [5.74, 6) is 0.833. The third kappa shape index (κ3) is 2.82. The summed E-state index contributed by atoms with van der Waals surface area (Å²) < 4.78 is 13.8. The normalized spacial score (nSPS) is 17.4. The Morgan fingerprint density at radius 1 is 1.44 bits per heavy atom. The van der Waals surface area contributed by atoms with Crippen LogP contribution < -0.4 is 5.32 Å². The predicted octanol–water partition coefficient (Wildman–Crippen LogP) is 3.58. The minimum Gasteiger partial charge on any atom is -0.313 e. The van der Waals surface area contributed by atoms with Crippen LogP contribution in [0.5, 0.6) is 0 Å². The van der Waals surface area contributed by atoms with Gasteiger partial charge in [-0.1, -0.05) is 25.0 Å². The third-order valence-corrected chi connectivity index (χ3v) is 3.44. The standard InChI is InChI=1S/C14H20FN/c1-10-3-7-12(13(15)9-10)14(16-2)8-6-11-4-5-11/h3,7,9,11,14,16H,4-6,8H2,1-2H3. The fourth-order valence-corrected chi connectivity index (χ4v) is 2.18. The van der Waals surface area contributed by atoms with E-state index in [1.165, 1.54) is 19.3 Å². The number of nitrogens with one attached hydrogen (secondary N) is 1. The first-order valence-electron chi connectivity index (χ1n) is 6.14. The highest BCUT2D eigenvalue weighted by Crippen LogP contribution is 2.36. The summed E-state index contributed by atoms with van der Waals surface area (Å²) in [5, 5.41) is 3.22. The average molecular weight is 221 g/mol. The number of benzene rings is 1. The van der Waals surface area contributed by atoms with Crippen molar-refractivity contribution in [3.8, 4) is 0 Å². The van der Waals surface area contributed by atoms with E-state index in [0.29, 0.717) is 0 Å². The number of halogens is 1. The maximum atomic E-state index is 13.8. The minimum absolute atomic E-state index is 0.0739. The van der Waals surface area contributed by atoms with Gasteiger partial charge < -0.3 is 5.32 Å². The molecule has 1 saturated carbocycles. The van der Waals surface area contributed by atoms with Crippen LogP contribution in [0, 0.1) is 18.7 Å². The lowest BCUT2D eigenvalue weighted by Gasteiger charge is -2.17. The van der Waals surface area contributed by atoms with Gasteiger partial charge in [-0.2, -0.15) is 0 Å². The van der Waals surface area contributed by atoms with E-state index in [1.54, 1.807) is 6.07 Å². The molecule has 1 atom stereocenters. The molecule has 1 aliphatic rings. The van der Waals surface area contributed by atoms with Gasteiger partial charge in [0.05, 0.1) is 0 Å². The molecule has 0 heterocycles. The zero-order valence-electron chi connectivity index (χ0n) is 10.1. The van der Waals surface area contributed by atoms with E-state index in [-0.39, 0.29) is 11.9 Å². The Morgan fingerprint density at radius 2 is 2.19 bits per heavy atom. The Morgan fingerprint density at radius 3 is 2.75 bits per heavy atom. The van der Waals surface area contributed by atoms with Gasteiger partial charge in [0.2, 0.25) is 0 Å². The molecule has 1 nitrogen and oxygen atoms in total. The van der Waals surface area contributed by atoms with Crippen LogP contribution in [0.15, 0.2) is 18.2 Å². The second kappa shape index (κ2) is 4.96. The van der Waals surface area contributed by atoms with Gasteiger partial charge in [-0.25, -0.2) is 4.39 Å². The molecule has 1 unspecified atom stereocenters. The summed E-state index contributed by atoms with van der Waals surface area (Å²) in [6.45, 7) is 1.92. The van der Waals surface area contributed by atoms with Gasteiger partial charge in [0.1, 0.15) is 5.82 Å². The molecular formula is C14H20FN. The molecular weight excluding hydrogens is 201 g/mol. The Bertz CT molecular complexity index is 358. The highest BCUT2D eigenvalue weighted by atomic mass is 19.1. The van der Waals surface area contributed by atoms with Crippen molar-refractivity contribution in [1.82, 2.24) is 5.32 Å². The molecule has 1 aliphatic carbocycles. The van der Waals surface area contributed by atoms with Crippen molar-refractivity contribution in [2.75, 3.05) is 7.05 Å². The zero-order chi connectivity index (χ0) is 11.5. The molecule has 0 saturated heterocycles. The largest absolute Gasteiger partial charge is 0.313 e. The van der Waals surface area contributed by atoms with Crippen LogP contribution in [-0.4, -0.2) is 7.05 Å². The summed E-state index contributed by atoms with van der Waals surface area (Å²) >= 11 is 0. The summed E-state index contributed by atoms with van der Waals surface area (Å²) in [6.07, 6.45) is 5.00. The van der Waals surface area contributed by atoms with Crippen LogP contribution in [0.2, 0.25) is 0 Å². The van der Waals surface area contributed by atoms with Crippen LogP contribution in [0.4, 0.5) is 4.39 Å². The fourth-order valence-electron chi connectivity index (χ4n) is 2.18. The molecule has 2 rings (SSSR count). The van der Waals surface area contributed by atoms with Crippen molar-refractivity contribution in [1.29, 1.82) is 0 Å². The molecule has 2 heteroatoms. The van der Waals surface area contributed by atoms with E-state index >= 15 is 0 Å². The van der Waals surface area contributed by atoms with E-state index in [9.17, 15) is 4.39 Å². The summed E-state index contributed by atoms with van der Waals surface area (Å²) in [5.41, 5.74) is 1.80. The molecule has 0 radical (unpaired) electrons. The van der Waals surface area contributed by atoms with E-state index in [4.69, 9.17) is 0 Å². The van der Waals surface area contributed by atoms with Gasteiger partial charge in [0, 0.05) is 11.6 Å². The van der Waals surface area contributed by atoms with Gasteiger partial charge in [-0.15, -0.1) is 0 Å². The second-order valence-electron chi connectivity index (χ2n) is 4.89. The van der Waals surface area contributed by atoms with Crippen molar-refractivity contribution in [3.05, 3.63) is 35.1 Å². The minimum atomic E-state index is -0.0739. The number of rotatable bonds is 5. The smallest absolute Gasteiger partial charge is 0.128 e. The van der Waals surface area contributed by atoms with Crippen LogP contribution in [0.1, 0.15) is 42.9 Å². The third-order valence-electron chi connectivity index (χ3n) is 3.44. The predicted molar refractivity (Wildman–Crippen MR) is 64.9 cm³/mol. The SMILES string of the molecule is CNC(CCC1CC1)c1ccc(C)cc1F. The van der Waals surface area contributed by atoms with Gasteiger partial charge in [0.15, 0.2) is 0 Å². The van der Waals surface area contributed by atoms with Crippen LogP contribution >= 0.6 is 0 Å². The summed E-state index contributed by atoms with van der Waals surface area (Å²) in [4.78, 5) is 0. The molecule has 0 aromatic heterocycles. The summed E-state index contributed by atoms with van der Waals surface area (Å²) in [6, 6.07) is 5.69. The number of hydrogen-bond acceptors (Lipinski definition) is 1. The first-order valence-corrected chi connectivity index (χ1v) is 6.14. The van der Waals surface area contributed by atoms with Crippen molar-refractivity contribution in [3.63, 3.8) is 0 Å². The molecule has 16 heavy (non-hydrogen) atoms. The van der Waals surface area contributed by atoms with E-state index in [0.717, 1.165) is 23.5 Å². The highest BCUT2D eigenvalue weighted by Gasteiger charge is 2.23. The monoisotopic (exact) mass is 221 g/mol. The van der Waals surface area contributed by atoms with Gasteiger partial charge in [-0.05, 0) is 44.4 Å². The first-order chi connectivity index (χ1) is 7.70. The molecule has 0 spiro atoms. The van der Waals surface area contributed by atoms with Crippen LogP contribution in [0.3, 0.4) is 0 Å². The lowest BCUT2D eigenvalue weighted by molar-refractivity contribution is 0.480. The molecule has 1 aromatic carbocycles. The average Bonchev–Trinajstić information content (AvgIpc) is 3.05. The Hall–Kier alpha value is -0.890. The van der Waals surface area contributed by atoms with Crippen molar-refractivity contribution in [2.45, 2.75) is 38.6 Å². The Kier molecular flexibility index (Phi) is 3.59. The van der Waals surface area contributed by atoms with Gasteiger partial charge in [-0.3, -0.25) is 0 Å². The van der Waals surface area contributed by atoms with Crippen LogP contribution in [-0.2, 0) is 0 Å². The Labute approximate surface area is 97.1 Å². The molecule has 1 N–H and O–H groups in total. The molecule has 1 aromatic rings. The van der Waals surface area contributed by atoms with E-state index in [1.807, 2.05) is 26.1 Å². The Balaban J connectivity index is 2.05. The van der Waals surface area contributed by atoms with E-state index < -0.39 is 0 Å². The number of aryl methyl sites for hydroxylation is 1. The van der Waals surface area contributed by atoms with Crippen molar-refractivity contribution >= 4 is 0 Å². The molecule has 0 aliphatic heterocycles. The molecule has 1 fully saturated rings. The summed E-state index contributed by atoms with van der Waals surface area (Å²) in [7, 11) is 1.91. The van der Waals surface area contributed by atoms with Crippen molar-refractivity contribution in [2.24, 2.45) is 5.92 Å². The molecule has 88 valence electrons. The molecule has 0 bridgehead atoms. The topological polar surface area (TPSA) is 12.0 Å². The maximum absolute atomic E-state index is 13.8. The lowest BCUT2D eigenvalue weighted by atomic mass is 9.99. The lowest BCUT2D eigenvalue weighted by Crippen LogP contribution is -2.17. The van der Waals surface area contributed by atoms with Crippen molar-refractivity contribution < 1.29 is 4.39 Å². The quantitative estimate of drug-likeness (QED) is 0.801. The van der Waals surface area contributed by atoms with Crippen LogP contribution in [0.25, 0.3) is 0 Å². The van der Waals surface area contributed by atoms with Gasteiger partial charge >= 0.3 is 0 Å². The first kappa shape index (κ1) is 11.6. The second-order valence-corrected chi connectivity index (χ2v) is 4.89. The van der Waals surface area contributed by atoms with Gasteiger partial charge in [0.25, 0.3) is 0 Å². The van der Waals surface area contributed by atoms with E-state index in [2.05, 4.69) is 5.32 Å². The maximum Gasteiger partial charge on any atom is 0.128 e.